The average Bonchev–Trinajstić information content (AvgIpc) is 2.70. The maximum Gasteiger partial charge on any atom is 0.416 e. The highest BCUT2D eigenvalue weighted by molar-refractivity contribution is 7.81. The van der Waals surface area contributed by atoms with Gasteiger partial charge in [-0.15, -0.1) is 0 Å². The fourth-order valence-electron chi connectivity index (χ4n) is 2.81. The molecule has 3 nitrogen and oxygen atoms in total. The molecule has 0 saturated carbocycles. The van der Waals surface area contributed by atoms with Crippen molar-refractivity contribution in [3.8, 4) is 0 Å². The van der Waals surface area contributed by atoms with Crippen LogP contribution in [0.1, 0.15) is 16.7 Å². The molecule has 1 heterocycles. The molecule has 0 aliphatic heterocycles. The molecule has 2 aromatic carbocycles. The Balaban J connectivity index is 2.08. The molecule has 160 valence electrons. The Hall–Kier alpha value is -2.61. The Morgan fingerprint density at radius 3 is 2.42 bits per heavy atom. The molecule has 0 radical (unpaired) electrons. The van der Waals surface area contributed by atoms with Crippen LogP contribution >= 0.6 is 35.4 Å². The second-order valence-electron chi connectivity index (χ2n) is 6.63. The van der Waals surface area contributed by atoms with Gasteiger partial charge in [-0.05, 0) is 54.6 Å². The van der Waals surface area contributed by atoms with Crippen LogP contribution < -0.4 is 15.0 Å². The molecule has 0 fully saturated rings. The molecule has 0 aliphatic carbocycles. The van der Waals surface area contributed by atoms with Gasteiger partial charge < -0.3 is 10.4 Å². The van der Waals surface area contributed by atoms with Crippen molar-refractivity contribution in [1.82, 2.24) is 0 Å². The fourth-order valence-corrected chi connectivity index (χ4v) is 3.42. The largest absolute Gasteiger partial charge is 0.867 e. The molecular formula is C22H15Cl2F3N2OS. The van der Waals surface area contributed by atoms with E-state index in [1.165, 1.54) is 34.9 Å². The molecule has 0 aliphatic rings. The SMILES string of the molecule is Cc1ccc[n+](C(C(=S)Nc2cccc(C(F)(F)F)c2)=C([O-])c2ccc(Cl)c(Cl)c2)c1. The third-order valence-corrected chi connectivity index (χ3v) is 5.30. The number of hydrogen-bond acceptors (Lipinski definition) is 2. The molecule has 3 rings (SSSR count). The van der Waals surface area contributed by atoms with Crippen LogP contribution in [0.2, 0.25) is 10.0 Å². The number of benzene rings is 2. The van der Waals surface area contributed by atoms with Gasteiger partial charge in [-0.25, -0.2) is 0 Å². The van der Waals surface area contributed by atoms with Gasteiger partial charge >= 0.3 is 6.18 Å². The summed E-state index contributed by atoms with van der Waals surface area (Å²) < 4.78 is 40.7. The Morgan fingerprint density at radius 2 is 1.77 bits per heavy atom. The lowest BCUT2D eigenvalue weighted by Crippen LogP contribution is -2.40. The van der Waals surface area contributed by atoms with Gasteiger partial charge in [-0.2, -0.15) is 17.7 Å². The van der Waals surface area contributed by atoms with Crippen LogP contribution in [0.5, 0.6) is 0 Å². The molecular weight excluding hydrogens is 468 g/mol. The van der Waals surface area contributed by atoms with Crippen LogP contribution in [-0.2, 0) is 6.18 Å². The normalized spacial score (nSPS) is 12.3. The summed E-state index contributed by atoms with van der Waals surface area (Å²) in [5.74, 6) is -0.473. The van der Waals surface area contributed by atoms with Gasteiger partial charge in [0.05, 0.1) is 15.6 Å². The van der Waals surface area contributed by atoms with Crippen molar-refractivity contribution in [2.75, 3.05) is 5.32 Å². The molecule has 1 aromatic heterocycles. The minimum absolute atomic E-state index is 0.0500. The van der Waals surface area contributed by atoms with Gasteiger partial charge in [0.2, 0.25) is 5.70 Å². The lowest BCUT2D eigenvalue weighted by Gasteiger charge is -2.18. The van der Waals surface area contributed by atoms with Crippen LogP contribution in [0.25, 0.3) is 11.5 Å². The minimum atomic E-state index is -4.51. The summed E-state index contributed by atoms with van der Waals surface area (Å²) in [5, 5.41) is 16.5. The summed E-state index contributed by atoms with van der Waals surface area (Å²) >= 11 is 17.4. The number of anilines is 1. The molecule has 0 spiro atoms. The first-order valence-corrected chi connectivity index (χ1v) is 10.1. The van der Waals surface area contributed by atoms with E-state index in [2.05, 4.69) is 5.32 Å². The predicted molar refractivity (Wildman–Crippen MR) is 119 cm³/mol. The van der Waals surface area contributed by atoms with Crippen molar-refractivity contribution in [1.29, 1.82) is 0 Å². The highest BCUT2D eigenvalue weighted by atomic mass is 35.5. The molecule has 31 heavy (non-hydrogen) atoms. The van der Waals surface area contributed by atoms with E-state index >= 15 is 0 Å². The number of hydrogen-bond donors (Lipinski definition) is 1. The van der Waals surface area contributed by atoms with E-state index in [0.29, 0.717) is 0 Å². The molecule has 1 N–H and O–H groups in total. The van der Waals surface area contributed by atoms with Crippen molar-refractivity contribution in [2.45, 2.75) is 13.1 Å². The number of thiocarbonyl (C=S) groups is 1. The molecule has 9 heteroatoms. The monoisotopic (exact) mass is 482 g/mol. The second kappa shape index (κ2) is 9.26. The zero-order valence-electron chi connectivity index (χ0n) is 16.0. The number of pyridine rings is 1. The zero-order chi connectivity index (χ0) is 22.8. The van der Waals surface area contributed by atoms with Crippen molar-refractivity contribution >= 4 is 57.6 Å². The summed E-state index contributed by atoms with van der Waals surface area (Å²) in [4.78, 5) is -0.0500. The first kappa shape index (κ1) is 23.1. The maximum absolute atomic E-state index is 13.3. The van der Waals surface area contributed by atoms with Crippen molar-refractivity contribution < 1.29 is 22.8 Å². The maximum atomic E-state index is 13.3. The average molecular weight is 483 g/mol. The highest BCUT2D eigenvalue weighted by Gasteiger charge is 2.30. The third-order valence-electron chi connectivity index (χ3n) is 4.27. The van der Waals surface area contributed by atoms with Gasteiger partial charge in [0.15, 0.2) is 17.4 Å². The van der Waals surface area contributed by atoms with Gasteiger partial charge in [-0.3, -0.25) is 0 Å². The summed E-state index contributed by atoms with van der Waals surface area (Å²) in [5.41, 5.74) is 0.401. The Morgan fingerprint density at radius 1 is 1.03 bits per heavy atom. The number of halogens is 5. The van der Waals surface area contributed by atoms with E-state index in [1.807, 2.05) is 13.0 Å². The second-order valence-corrected chi connectivity index (χ2v) is 7.85. The molecule has 0 bridgehead atoms. The van der Waals surface area contributed by atoms with Crippen molar-refractivity contribution in [3.63, 3.8) is 0 Å². The van der Waals surface area contributed by atoms with Gasteiger partial charge in [0.25, 0.3) is 0 Å². The van der Waals surface area contributed by atoms with E-state index in [4.69, 9.17) is 35.4 Å². The van der Waals surface area contributed by atoms with Gasteiger partial charge in [-0.1, -0.05) is 47.6 Å². The summed E-state index contributed by atoms with van der Waals surface area (Å²) in [6, 6.07) is 12.5. The number of nitrogens with zero attached hydrogens (tertiary/aromatic N) is 1. The Bertz CT molecular complexity index is 1180. The molecule has 0 amide bonds. The van der Waals surface area contributed by atoms with Crippen LogP contribution in [0.3, 0.4) is 0 Å². The number of rotatable bonds is 4. The minimum Gasteiger partial charge on any atom is -0.867 e. The highest BCUT2D eigenvalue weighted by Crippen LogP contribution is 2.31. The lowest BCUT2D eigenvalue weighted by atomic mass is 10.1. The Labute approximate surface area is 192 Å². The van der Waals surface area contributed by atoms with Crippen molar-refractivity contribution in [3.05, 3.63) is 93.7 Å². The quantitative estimate of drug-likeness (QED) is 0.223. The first-order chi connectivity index (χ1) is 14.6. The lowest BCUT2D eigenvalue weighted by molar-refractivity contribution is -0.578. The fraction of sp³-hybridized carbons (Fsp3) is 0.0909. The van der Waals surface area contributed by atoms with Crippen molar-refractivity contribution in [2.24, 2.45) is 0 Å². The van der Waals surface area contributed by atoms with Crippen LogP contribution in [0.4, 0.5) is 18.9 Å². The van der Waals surface area contributed by atoms with Crippen LogP contribution in [-0.4, -0.2) is 4.99 Å². The van der Waals surface area contributed by atoms with Crippen LogP contribution in [0.15, 0.2) is 67.0 Å². The summed E-state index contributed by atoms with van der Waals surface area (Å²) in [7, 11) is 0. The van der Waals surface area contributed by atoms with E-state index in [-0.39, 0.29) is 32.0 Å². The van der Waals surface area contributed by atoms with E-state index in [0.717, 1.165) is 17.7 Å². The van der Waals surface area contributed by atoms with Gasteiger partial charge in [0.1, 0.15) is 0 Å². The topological polar surface area (TPSA) is 39.0 Å². The Kier molecular flexibility index (Phi) is 6.89. The molecule has 3 aromatic rings. The molecule has 0 atom stereocenters. The third kappa shape index (κ3) is 5.55. The molecule has 0 saturated heterocycles. The smallest absolute Gasteiger partial charge is 0.416 e. The van der Waals surface area contributed by atoms with Gasteiger partial charge in [0, 0.05) is 17.3 Å². The summed E-state index contributed by atoms with van der Waals surface area (Å²) in [6.07, 6.45) is -1.20. The van der Waals surface area contributed by atoms with E-state index in [9.17, 15) is 18.3 Å². The number of aromatic nitrogens is 1. The zero-order valence-corrected chi connectivity index (χ0v) is 18.3. The first-order valence-electron chi connectivity index (χ1n) is 8.90. The number of alkyl halides is 3. The standard InChI is InChI=1S/C22H15Cl2F3N2OS/c1-13-4-3-9-29(12-13)19(20(30)14-7-8-17(23)18(24)10-14)21(31)28-16-6-2-5-15(11-16)22(25,26)27/h2-12H,1H3,(H-,28,30,31). The van der Waals surface area contributed by atoms with Crippen LogP contribution in [0, 0.1) is 6.92 Å². The number of aryl methyl sites for hydroxylation is 1. The molecule has 0 unspecified atom stereocenters. The van der Waals surface area contributed by atoms with E-state index < -0.39 is 17.5 Å². The summed E-state index contributed by atoms with van der Waals surface area (Å²) in [6.45, 7) is 1.83. The number of nitrogens with one attached hydrogen (secondary N) is 1. The van der Waals surface area contributed by atoms with E-state index in [1.54, 1.807) is 18.5 Å². The predicted octanol–water partition coefficient (Wildman–Crippen LogP) is 5.73.